The molecule has 0 N–H and O–H groups in total. The molecule has 4 rings (SSSR count). The standard InChI is InChI=1S/C16H11BrN4O3S/c1-9-10(6-7-22-9)14-20-21-16(24-14)25-8-13-18-19-15(23-13)11-4-2-3-5-12(11)17/h2-7H,8H2,1H3. The smallest absolute Gasteiger partial charge is 0.277 e. The molecule has 3 heterocycles. The zero-order chi connectivity index (χ0) is 17.2. The molecule has 0 fully saturated rings. The van der Waals surface area contributed by atoms with Crippen molar-refractivity contribution in [3.8, 4) is 22.9 Å². The average Bonchev–Trinajstić information content (AvgIpc) is 3.33. The van der Waals surface area contributed by atoms with Crippen LogP contribution in [0.25, 0.3) is 22.9 Å². The Labute approximate surface area is 155 Å². The van der Waals surface area contributed by atoms with Crippen LogP contribution in [-0.4, -0.2) is 20.4 Å². The SMILES string of the molecule is Cc1occc1-c1nnc(SCc2nnc(-c3ccccc3Br)o2)o1. The zero-order valence-corrected chi connectivity index (χ0v) is 15.4. The van der Waals surface area contributed by atoms with Crippen molar-refractivity contribution in [2.75, 3.05) is 0 Å². The van der Waals surface area contributed by atoms with Gasteiger partial charge in [-0.05, 0) is 41.1 Å². The van der Waals surface area contributed by atoms with E-state index < -0.39 is 0 Å². The Kier molecular flexibility index (Phi) is 4.41. The lowest BCUT2D eigenvalue weighted by Gasteiger charge is -1.97. The van der Waals surface area contributed by atoms with Gasteiger partial charge in [0.2, 0.25) is 11.8 Å². The second-order valence-corrected chi connectivity index (χ2v) is 6.81. The van der Waals surface area contributed by atoms with Crippen molar-refractivity contribution in [2.45, 2.75) is 17.9 Å². The number of hydrogen-bond donors (Lipinski definition) is 0. The van der Waals surface area contributed by atoms with Crippen LogP contribution in [0.1, 0.15) is 11.7 Å². The highest BCUT2D eigenvalue weighted by molar-refractivity contribution is 9.10. The maximum atomic E-state index is 5.69. The lowest BCUT2D eigenvalue weighted by atomic mass is 10.2. The summed E-state index contributed by atoms with van der Waals surface area (Å²) in [4.78, 5) is 0. The summed E-state index contributed by atoms with van der Waals surface area (Å²) < 4.78 is 17.5. The van der Waals surface area contributed by atoms with Gasteiger partial charge in [-0.2, -0.15) is 0 Å². The molecule has 0 amide bonds. The summed E-state index contributed by atoms with van der Waals surface area (Å²) >= 11 is 4.80. The number of furan rings is 1. The molecule has 7 nitrogen and oxygen atoms in total. The molecule has 0 radical (unpaired) electrons. The molecule has 25 heavy (non-hydrogen) atoms. The molecule has 4 aromatic rings. The van der Waals surface area contributed by atoms with Crippen molar-refractivity contribution >= 4 is 27.7 Å². The molecule has 0 atom stereocenters. The van der Waals surface area contributed by atoms with Gasteiger partial charge in [-0.3, -0.25) is 0 Å². The van der Waals surface area contributed by atoms with E-state index in [4.69, 9.17) is 13.3 Å². The molecule has 0 saturated heterocycles. The highest BCUT2D eigenvalue weighted by Gasteiger charge is 2.15. The van der Waals surface area contributed by atoms with Gasteiger partial charge in [0, 0.05) is 4.47 Å². The van der Waals surface area contributed by atoms with E-state index in [0.717, 1.165) is 21.4 Å². The van der Waals surface area contributed by atoms with Crippen LogP contribution >= 0.6 is 27.7 Å². The van der Waals surface area contributed by atoms with E-state index in [1.807, 2.05) is 31.2 Å². The first kappa shape index (κ1) is 16.1. The first-order valence-corrected chi connectivity index (χ1v) is 9.06. The molecule has 0 bridgehead atoms. The Morgan fingerprint density at radius 1 is 0.960 bits per heavy atom. The van der Waals surface area contributed by atoms with Crippen molar-refractivity contribution in [3.05, 3.63) is 52.7 Å². The molecule has 0 spiro atoms. The Balaban J connectivity index is 1.45. The van der Waals surface area contributed by atoms with Gasteiger partial charge in [-0.15, -0.1) is 20.4 Å². The maximum Gasteiger partial charge on any atom is 0.277 e. The van der Waals surface area contributed by atoms with Crippen molar-refractivity contribution in [1.29, 1.82) is 0 Å². The third kappa shape index (κ3) is 3.38. The predicted octanol–water partition coefficient (Wildman–Crippen LogP) is 4.74. The fourth-order valence-electron chi connectivity index (χ4n) is 2.16. The van der Waals surface area contributed by atoms with Crippen molar-refractivity contribution in [3.63, 3.8) is 0 Å². The summed E-state index contributed by atoms with van der Waals surface area (Å²) in [5.41, 5.74) is 1.63. The van der Waals surface area contributed by atoms with E-state index in [9.17, 15) is 0 Å². The van der Waals surface area contributed by atoms with Gasteiger partial charge < -0.3 is 13.3 Å². The number of rotatable bonds is 5. The van der Waals surface area contributed by atoms with Gasteiger partial charge in [-0.1, -0.05) is 23.9 Å². The van der Waals surface area contributed by atoms with E-state index in [1.165, 1.54) is 11.8 Å². The van der Waals surface area contributed by atoms with Crippen LogP contribution in [0.5, 0.6) is 0 Å². The van der Waals surface area contributed by atoms with Crippen LogP contribution in [0.4, 0.5) is 0 Å². The third-order valence-corrected chi connectivity index (χ3v) is 4.88. The van der Waals surface area contributed by atoms with E-state index >= 15 is 0 Å². The minimum atomic E-state index is 0.424. The number of nitrogens with zero attached hydrogens (tertiary/aromatic N) is 4. The van der Waals surface area contributed by atoms with Crippen LogP contribution in [0.15, 0.2) is 59.5 Å². The van der Waals surface area contributed by atoms with Crippen molar-refractivity contribution in [1.82, 2.24) is 20.4 Å². The highest BCUT2D eigenvalue weighted by atomic mass is 79.9. The largest absolute Gasteiger partial charge is 0.469 e. The summed E-state index contributed by atoms with van der Waals surface area (Å²) in [5, 5.41) is 16.6. The lowest BCUT2D eigenvalue weighted by molar-refractivity contribution is 0.462. The molecule has 3 aromatic heterocycles. The Bertz CT molecular complexity index is 1010. The molecule has 0 aliphatic rings. The molecule has 9 heteroatoms. The Morgan fingerprint density at radius 3 is 2.56 bits per heavy atom. The number of aromatic nitrogens is 4. The summed E-state index contributed by atoms with van der Waals surface area (Å²) in [7, 11) is 0. The fraction of sp³-hybridized carbons (Fsp3) is 0.125. The quantitative estimate of drug-likeness (QED) is 0.429. The predicted molar refractivity (Wildman–Crippen MR) is 93.7 cm³/mol. The molecule has 1 aromatic carbocycles. The van der Waals surface area contributed by atoms with Gasteiger partial charge in [-0.25, -0.2) is 0 Å². The van der Waals surface area contributed by atoms with E-state index in [1.54, 1.807) is 12.3 Å². The summed E-state index contributed by atoms with van der Waals surface area (Å²) in [6.07, 6.45) is 1.59. The first-order chi connectivity index (χ1) is 12.2. The third-order valence-electron chi connectivity index (χ3n) is 3.39. The first-order valence-electron chi connectivity index (χ1n) is 7.29. The molecular weight excluding hydrogens is 408 g/mol. The summed E-state index contributed by atoms with van der Waals surface area (Å²) in [5.74, 6) is 2.53. The van der Waals surface area contributed by atoms with E-state index in [-0.39, 0.29) is 0 Å². The van der Waals surface area contributed by atoms with Crippen LogP contribution in [0.3, 0.4) is 0 Å². The molecule has 0 unspecified atom stereocenters. The zero-order valence-electron chi connectivity index (χ0n) is 13.0. The van der Waals surface area contributed by atoms with Gasteiger partial charge >= 0.3 is 0 Å². The topological polar surface area (TPSA) is 91.0 Å². The number of thioether (sulfide) groups is 1. The Hall–Kier alpha value is -2.39. The van der Waals surface area contributed by atoms with Crippen LogP contribution in [-0.2, 0) is 5.75 Å². The molecule has 0 saturated carbocycles. The molecule has 126 valence electrons. The maximum absolute atomic E-state index is 5.69. The normalized spacial score (nSPS) is 11.1. The van der Waals surface area contributed by atoms with Crippen molar-refractivity contribution < 1.29 is 13.3 Å². The number of aryl methyl sites for hydroxylation is 1. The molecule has 0 aliphatic heterocycles. The monoisotopic (exact) mass is 418 g/mol. The number of benzene rings is 1. The van der Waals surface area contributed by atoms with E-state index in [2.05, 4.69) is 36.3 Å². The van der Waals surface area contributed by atoms with Crippen LogP contribution in [0, 0.1) is 6.92 Å². The van der Waals surface area contributed by atoms with Crippen LogP contribution < -0.4 is 0 Å². The average molecular weight is 419 g/mol. The van der Waals surface area contributed by atoms with Crippen molar-refractivity contribution in [2.24, 2.45) is 0 Å². The Morgan fingerprint density at radius 2 is 1.76 bits per heavy atom. The minimum absolute atomic E-state index is 0.424. The minimum Gasteiger partial charge on any atom is -0.469 e. The molecular formula is C16H11BrN4O3S. The fourth-order valence-corrected chi connectivity index (χ4v) is 3.22. The van der Waals surface area contributed by atoms with Gasteiger partial charge in [0.05, 0.1) is 23.1 Å². The second kappa shape index (κ2) is 6.85. The van der Waals surface area contributed by atoms with E-state index in [0.29, 0.717) is 28.6 Å². The second-order valence-electron chi connectivity index (χ2n) is 5.03. The molecule has 0 aliphatic carbocycles. The summed E-state index contributed by atoms with van der Waals surface area (Å²) in [6, 6.07) is 9.46. The van der Waals surface area contributed by atoms with Gasteiger partial charge in [0.25, 0.3) is 11.1 Å². The van der Waals surface area contributed by atoms with Gasteiger partial charge in [0.1, 0.15) is 5.76 Å². The lowest BCUT2D eigenvalue weighted by Crippen LogP contribution is -1.80. The summed E-state index contributed by atoms with van der Waals surface area (Å²) in [6.45, 7) is 1.84. The number of halogens is 1. The number of hydrogen-bond acceptors (Lipinski definition) is 8. The van der Waals surface area contributed by atoms with Gasteiger partial charge in [0.15, 0.2) is 0 Å². The van der Waals surface area contributed by atoms with Crippen LogP contribution in [0.2, 0.25) is 0 Å². The highest BCUT2D eigenvalue weighted by Crippen LogP contribution is 2.30.